The van der Waals surface area contributed by atoms with E-state index in [1.54, 1.807) is 0 Å². The number of fused-ring (bicyclic) bond motifs is 1. The van der Waals surface area contributed by atoms with E-state index < -0.39 is 9.76 Å². The first-order valence-corrected chi connectivity index (χ1v) is 6.16. The average molecular weight is 197 g/mol. The third-order valence-electron chi connectivity index (χ3n) is 2.41. The van der Waals surface area contributed by atoms with E-state index in [1.807, 2.05) is 0 Å². The average Bonchev–Trinajstić information content (AvgIpc) is 2.58. The second-order valence-electron chi connectivity index (χ2n) is 3.25. The molecular formula is C11H14LiOSi. The van der Waals surface area contributed by atoms with Crippen LogP contribution in [0, 0.1) is 0 Å². The van der Waals surface area contributed by atoms with Crippen molar-refractivity contribution in [1.82, 2.24) is 0 Å². The summed E-state index contributed by atoms with van der Waals surface area (Å²) in [4.78, 5) is 0. The quantitative estimate of drug-likeness (QED) is 0.667. The molecule has 0 fully saturated rings. The molecule has 1 aromatic rings. The van der Waals surface area contributed by atoms with Gasteiger partial charge in [-0.15, -0.1) is 0 Å². The molecule has 1 nitrogen and oxygen atoms in total. The van der Waals surface area contributed by atoms with E-state index in [1.165, 1.54) is 11.1 Å². The first kappa shape index (κ1) is 11.8. The summed E-state index contributed by atoms with van der Waals surface area (Å²) in [5.41, 5.74) is 3.44. The van der Waals surface area contributed by atoms with Crippen molar-refractivity contribution in [3.8, 4) is 0 Å². The maximum absolute atomic E-state index is 5.56. The van der Waals surface area contributed by atoms with E-state index in [4.69, 9.17) is 4.43 Å². The van der Waals surface area contributed by atoms with Crippen molar-refractivity contribution in [2.24, 2.45) is 0 Å². The van der Waals surface area contributed by atoms with E-state index in [-0.39, 0.29) is 18.9 Å². The maximum Gasteiger partial charge on any atom is 0.172 e. The van der Waals surface area contributed by atoms with Gasteiger partial charge in [0.05, 0.1) is 0 Å². The van der Waals surface area contributed by atoms with Gasteiger partial charge in [0.1, 0.15) is 0 Å². The molecule has 0 aliphatic heterocycles. The van der Waals surface area contributed by atoms with Gasteiger partial charge in [-0.05, 0) is 18.1 Å². The van der Waals surface area contributed by atoms with Crippen LogP contribution in [0.3, 0.4) is 0 Å². The second-order valence-corrected chi connectivity index (χ2v) is 4.88. The SMILES string of the molecule is CCO[SiH2]C1C=Cc2ccccc21.[Li]. The van der Waals surface area contributed by atoms with Crippen LogP contribution in [-0.2, 0) is 4.43 Å². The number of benzene rings is 1. The number of hydrogen-bond acceptors (Lipinski definition) is 1. The van der Waals surface area contributed by atoms with E-state index in [2.05, 4.69) is 43.3 Å². The van der Waals surface area contributed by atoms with Crippen LogP contribution in [0.5, 0.6) is 0 Å². The summed E-state index contributed by atoms with van der Waals surface area (Å²) >= 11 is 0. The molecule has 0 spiro atoms. The Kier molecular flexibility index (Phi) is 4.70. The third kappa shape index (κ3) is 2.40. The van der Waals surface area contributed by atoms with Gasteiger partial charge in [-0.2, -0.15) is 0 Å². The van der Waals surface area contributed by atoms with Gasteiger partial charge < -0.3 is 4.43 Å². The van der Waals surface area contributed by atoms with E-state index >= 15 is 0 Å². The molecule has 0 saturated heterocycles. The number of allylic oxidation sites excluding steroid dienone is 1. The van der Waals surface area contributed by atoms with Crippen LogP contribution in [-0.4, -0.2) is 35.2 Å². The van der Waals surface area contributed by atoms with Crippen molar-refractivity contribution >= 4 is 34.7 Å². The molecule has 14 heavy (non-hydrogen) atoms. The van der Waals surface area contributed by atoms with Crippen molar-refractivity contribution in [2.45, 2.75) is 12.5 Å². The fourth-order valence-corrected chi connectivity index (χ4v) is 3.00. The van der Waals surface area contributed by atoms with Crippen molar-refractivity contribution in [3.05, 3.63) is 41.5 Å². The Hall–Kier alpha value is -0.266. The standard InChI is InChI=1S/C11H14OSi.Li/c1-2-12-13-11-8-7-9-5-3-4-6-10(9)11;/h3-8,11H,2,13H2,1H3;. The predicted octanol–water partition coefficient (Wildman–Crippen LogP) is 1.49. The first-order valence-electron chi connectivity index (χ1n) is 4.76. The van der Waals surface area contributed by atoms with Crippen molar-refractivity contribution in [1.29, 1.82) is 0 Å². The van der Waals surface area contributed by atoms with Gasteiger partial charge >= 0.3 is 0 Å². The summed E-state index contributed by atoms with van der Waals surface area (Å²) in [5, 5.41) is 0. The van der Waals surface area contributed by atoms with Gasteiger partial charge in [0.25, 0.3) is 0 Å². The molecule has 0 heterocycles. The molecule has 0 bridgehead atoms. The smallest absolute Gasteiger partial charge is 0.172 e. The molecule has 1 aromatic carbocycles. The van der Waals surface area contributed by atoms with Crippen LogP contribution < -0.4 is 0 Å². The summed E-state index contributed by atoms with van der Waals surface area (Å²) in [5.74, 6) is 0. The Bertz CT molecular complexity index is 325. The zero-order valence-corrected chi connectivity index (χ0v) is 10.3. The summed E-state index contributed by atoms with van der Waals surface area (Å²) in [6.45, 7) is 2.93. The maximum atomic E-state index is 5.56. The van der Waals surface area contributed by atoms with Gasteiger partial charge in [-0.3, -0.25) is 0 Å². The Labute approximate surface area is 99.7 Å². The van der Waals surface area contributed by atoms with Crippen LogP contribution in [0.4, 0.5) is 0 Å². The Balaban J connectivity index is 0.000000980. The minimum absolute atomic E-state index is 0. The summed E-state index contributed by atoms with van der Waals surface area (Å²) in [7, 11) is -0.408. The van der Waals surface area contributed by atoms with E-state index in [0.717, 1.165) is 6.61 Å². The second kappa shape index (κ2) is 5.58. The summed E-state index contributed by atoms with van der Waals surface area (Å²) in [6.07, 6.45) is 4.50. The molecule has 1 atom stereocenters. The van der Waals surface area contributed by atoms with Gasteiger partial charge in [0.2, 0.25) is 0 Å². The van der Waals surface area contributed by atoms with Crippen LogP contribution in [0.25, 0.3) is 6.08 Å². The first-order chi connectivity index (χ1) is 6.42. The topological polar surface area (TPSA) is 9.23 Å². The van der Waals surface area contributed by atoms with Gasteiger partial charge in [0, 0.05) is 31.0 Å². The number of hydrogen-bond donors (Lipinski definition) is 0. The van der Waals surface area contributed by atoms with Gasteiger partial charge in [0.15, 0.2) is 9.76 Å². The summed E-state index contributed by atoms with van der Waals surface area (Å²) in [6, 6.07) is 8.59. The van der Waals surface area contributed by atoms with E-state index in [0.29, 0.717) is 5.54 Å². The number of rotatable bonds is 3. The predicted molar refractivity (Wildman–Crippen MR) is 64.1 cm³/mol. The molecule has 0 aromatic heterocycles. The fraction of sp³-hybridized carbons (Fsp3) is 0.273. The molecular weight excluding hydrogens is 183 g/mol. The summed E-state index contributed by atoms with van der Waals surface area (Å²) < 4.78 is 5.56. The fourth-order valence-electron chi connectivity index (χ4n) is 1.71. The molecule has 1 aliphatic carbocycles. The monoisotopic (exact) mass is 197 g/mol. The zero-order valence-electron chi connectivity index (χ0n) is 8.86. The molecule has 2 rings (SSSR count). The third-order valence-corrected chi connectivity index (χ3v) is 4.12. The molecule has 0 amide bonds. The Morgan fingerprint density at radius 2 is 2.14 bits per heavy atom. The van der Waals surface area contributed by atoms with Crippen molar-refractivity contribution in [3.63, 3.8) is 0 Å². The Morgan fingerprint density at radius 3 is 2.93 bits per heavy atom. The van der Waals surface area contributed by atoms with Crippen molar-refractivity contribution < 1.29 is 4.43 Å². The van der Waals surface area contributed by atoms with Crippen LogP contribution in [0.15, 0.2) is 30.3 Å². The minimum Gasteiger partial charge on any atom is -0.423 e. The molecule has 1 unspecified atom stereocenters. The normalized spacial score (nSPS) is 18.5. The molecule has 0 saturated carbocycles. The van der Waals surface area contributed by atoms with Gasteiger partial charge in [-0.1, -0.05) is 36.4 Å². The molecule has 1 radical (unpaired) electrons. The van der Waals surface area contributed by atoms with Crippen LogP contribution in [0.1, 0.15) is 23.6 Å². The molecule has 69 valence electrons. The molecule has 1 aliphatic rings. The van der Waals surface area contributed by atoms with Crippen molar-refractivity contribution in [2.75, 3.05) is 6.61 Å². The van der Waals surface area contributed by atoms with E-state index in [9.17, 15) is 0 Å². The Morgan fingerprint density at radius 1 is 1.36 bits per heavy atom. The largest absolute Gasteiger partial charge is 0.423 e. The van der Waals surface area contributed by atoms with Gasteiger partial charge in [-0.25, -0.2) is 0 Å². The van der Waals surface area contributed by atoms with Crippen LogP contribution >= 0.6 is 0 Å². The molecule has 3 heteroatoms. The zero-order chi connectivity index (χ0) is 9.10. The van der Waals surface area contributed by atoms with Crippen LogP contribution in [0.2, 0.25) is 0 Å². The molecule has 0 N–H and O–H groups in total. The minimum atomic E-state index is -0.408.